The summed E-state index contributed by atoms with van der Waals surface area (Å²) in [5.41, 5.74) is 2.79. The number of carbonyl (C=O) groups is 2. The van der Waals surface area contributed by atoms with Crippen LogP contribution in [0.25, 0.3) is 5.69 Å². The molecule has 3 heterocycles. The van der Waals surface area contributed by atoms with Crippen LogP contribution >= 0.6 is 11.8 Å². The van der Waals surface area contributed by atoms with Gasteiger partial charge in [0, 0.05) is 18.3 Å². The lowest BCUT2D eigenvalue weighted by molar-refractivity contribution is -0.116. The van der Waals surface area contributed by atoms with Gasteiger partial charge in [0.05, 0.1) is 38.5 Å². The van der Waals surface area contributed by atoms with E-state index < -0.39 is 0 Å². The second-order valence-corrected chi connectivity index (χ2v) is 9.44. The number of thioether (sulfide) groups is 1. The standard InChI is InChI=1S/C27H27N5O5S/c1-35-19-11-12-21(23(15-19)36-2)32-24(16-28-26(34)22-10-6-14-37-22)29-30-27(32)38-17-25(33)31-13-5-8-18-7-3-4-9-20(18)31/h3-4,6-7,9-12,14-15H,5,8,13,16-17H2,1-2H3,(H,28,34). The summed E-state index contributed by atoms with van der Waals surface area (Å²) in [6.45, 7) is 0.759. The molecule has 0 spiro atoms. The number of rotatable bonds is 9. The Kier molecular flexibility index (Phi) is 7.64. The van der Waals surface area contributed by atoms with Crippen LogP contribution in [0.1, 0.15) is 28.4 Å². The minimum atomic E-state index is -0.376. The lowest BCUT2D eigenvalue weighted by Gasteiger charge is -2.29. The van der Waals surface area contributed by atoms with Gasteiger partial charge >= 0.3 is 0 Å². The maximum absolute atomic E-state index is 13.3. The lowest BCUT2D eigenvalue weighted by Crippen LogP contribution is -2.36. The summed E-state index contributed by atoms with van der Waals surface area (Å²) >= 11 is 1.28. The Morgan fingerprint density at radius 3 is 2.71 bits per heavy atom. The normalized spacial score (nSPS) is 12.6. The number of ether oxygens (including phenoxy) is 2. The van der Waals surface area contributed by atoms with Crippen LogP contribution in [-0.4, -0.2) is 53.1 Å². The molecule has 1 aliphatic heterocycles. The first-order valence-electron chi connectivity index (χ1n) is 12.1. The predicted octanol–water partition coefficient (Wildman–Crippen LogP) is 3.88. The Hall–Kier alpha value is -4.25. The Labute approximate surface area is 223 Å². The van der Waals surface area contributed by atoms with Crippen molar-refractivity contribution in [1.29, 1.82) is 0 Å². The number of amides is 2. The van der Waals surface area contributed by atoms with Crippen LogP contribution in [0.5, 0.6) is 11.5 Å². The molecular formula is C27H27N5O5S. The number of hydrogen-bond donors (Lipinski definition) is 1. The number of nitrogens with one attached hydrogen (secondary N) is 1. The number of nitrogens with zero attached hydrogens (tertiary/aromatic N) is 4. The molecule has 0 aliphatic carbocycles. The topological polar surface area (TPSA) is 112 Å². The second kappa shape index (κ2) is 11.4. The van der Waals surface area contributed by atoms with Crippen molar-refractivity contribution < 1.29 is 23.5 Å². The van der Waals surface area contributed by atoms with Crippen molar-refractivity contribution in [1.82, 2.24) is 20.1 Å². The summed E-state index contributed by atoms with van der Waals surface area (Å²) in [6, 6.07) is 16.6. The van der Waals surface area contributed by atoms with Crippen LogP contribution in [0.15, 0.2) is 70.4 Å². The van der Waals surface area contributed by atoms with E-state index in [0.717, 1.165) is 18.5 Å². The number of furan rings is 1. The number of carbonyl (C=O) groups excluding carboxylic acids is 2. The van der Waals surface area contributed by atoms with Crippen LogP contribution in [-0.2, 0) is 17.8 Å². The van der Waals surface area contributed by atoms with E-state index in [1.54, 1.807) is 43.1 Å². The Morgan fingerprint density at radius 2 is 1.92 bits per heavy atom. The number of methoxy groups -OCH3 is 2. The highest BCUT2D eigenvalue weighted by molar-refractivity contribution is 7.99. The van der Waals surface area contributed by atoms with Crippen molar-refractivity contribution in [2.75, 3.05) is 31.4 Å². The molecule has 0 atom stereocenters. The van der Waals surface area contributed by atoms with E-state index in [1.807, 2.05) is 29.2 Å². The van der Waals surface area contributed by atoms with Crippen molar-refractivity contribution in [3.63, 3.8) is 0 Å². The Bertz CT molecular complexity index is 1440. The summed E-state index contributed by atoms with van der Waals surface area (Å²) in [5.74, 6) is 1.60. The number of benzene rings is 2. The molecule has 1 aliphatic rings. The molecule has 2 amide bonds. The van der Waals surface area contributed by atoms with Crippen molar-refractivity contribution in [3.8, 4) is 17.2 Å². The molecule has 38 heavy (non-hydrogen) atoms. The Morgan fingerprint density at radius 1 is 1.05 bits per heavy atom. The van der Waals surface area contributed by atoms with Crippen LogP contribution in [0.4, 0.5) is 5.69 Å². The van der Waals surface area contributed by atoms with Gasteiger partial charge in [-0.1, -0.05) is 30.0 Å². The van der Waals surface area contributed by atoms with E-state index in [-0.39, 0.29) is 29.9 Å². The van der Waals surface area contributed by atoms with E-state index in [4.69, 9.17) is 13.9 Å². The molecule has 4 aromatic rings. The van der Waals surface area contributed by atoms with Gasteiger partial charge < -0.3 is 24.1 Å². The SMILES string of the molecule is COc1ccc(-n2c(CNC(=O)c3ccco3)nnc2SCC(=O)N2CCCc3ccccc32)c(OC)c1. The first-order valence-corrected chi connectivity index (χ1v) is 13.1. The second-order valence-electron chi connectivity index (χ2n) is 8.50. The third-order valence-electron chi connectivity index (χ3n) is 6.22. The summed E-state index contributed by atoms with van der Waals surface area (Å²) in [5, 5.41) is 12.0. The third kappa shape index (κ3) is 5.23. The summed E-state index contributed by atoms with van der Waals surface area (Å²) < 4.78 is 17.9. The molecule has 1 N–H and O–H groups in total. The first kappa shape index (κ1) is 25.4. The average Bonchev–Trinajstić information content (AvgIpc) is 3.64. The van der Waals surface area contributed by atoms with Crippen molar-refractivity contribution in [3.05, 3.63) is 78.0 Å². The zero-order chi connectivity index (χ0) is 26.5. The van der Waals surface area contributed by atoms with Gasteiger partial charge in [-0.05, 0) is 48.7 Å². The molecule has 0 unspecified atom stereocenters. The van der Waals surface area contributed by atoms with Gasteiger partial charge in [0.2, 0.25) is 5.91 Å². The zero-order valence-electron chi connectivity index (χ0n) is 21.0. The molecule has 0 fully saturated rings. The number of hydrogen-bond acceptors (Lipinski definition) is 8. The predicted molar refractivity (Wildman–Crippen MR) is 142 cm³/mol. The van der Waals surface area contributed by atoms with Gasteiger partial charge in [0.15, 0.2) is 16.7 Å². The summed E-state index contributed by atoms with van der Waals surface area (Å²) in [6.07, 6.45) is 3.32. The fraction of sp³-hybridized carbons (Fsp3) is 0.259. The Balaban J connectivity index is 1.41. The largest absolute Gasteiger partial charge is 0.497 e. The van der Waals surface area contributed by atoms with Gasteiger partial charge in [-0.2, -0.15) is 0 Å². The van der Waals surface area contributed by atoms with E-state index in [2.05, 4.69) is 21.6 Å². The van der Waals surface area contributed by atoms with E-state index in [0.29, 0.717) is 34.7 Å². The average molecular weight is 534 g/mol. The molecule has 0 radical (unpaired) electrons. The third-order valence-corrected chi connectivity index (χ3v) is 7.13. The highest BCUT2D eigenvalue weighted by atomic mass is 32.2. The number of aryl methyl sites for hydroxylation is 1. The molecule has 5 rings (SSSR count). The van der Waals surface area contributed by atoms with Gasteiger partial charge in [0.25, 0.3) is 5.91 Å². The fourth-order valence-corrected chi connectivity index (χ4v) is 5.21. The monoisotopic (exact) mass is 533 g/mol. The molecule has 2 aromatic heterocycles. The number of para-hydroxylation sites is 1. The molecule has 0 bridgehead atoms. The van der Waals surface area contributed by atoms with Crippen LogP contribution < -0.4 is 19.7 Å². The smallest absolute Gasteiger partial charge is 0.287 e. The fourth-order valence-electron chi connectivity index (χ4n) is 4.37. The van der Waals surface area contributed by atoms with E-state index in [9.17, 15) is 9.59 Å². The highest BCUT2D eigenvalue weighted by Crippen LogP contribution is 2.33. The van der Waals surface area contributed by atoms with E-state index in [1.165, 1.54) is 23.6 Å². The molecule has 0 saturated carbocycles. The van der Waals surface area contributed by atoms with Gasteiger partial charge in [0.1, 0.15) is 11.5 Å². The number of anilines is 1. The van der Waals surface area contributed by atoms with Crippen LogP contribution in [0.3, 0.4) is 0 Å². The molecule has 11 heteroatoms. The maximum Gasteiger partial charge on any atom is 0.287 e. The zero-order valence-corrected chi connectivity index (χ0v) is 21.9. The first-order chi connectivity index (χ1) is 18.6. The highest BCUT2D eigenvalue weighted by Gasteiger charge is 2.25. The summed E-state index contributed by atoms with van der Waals surface area (Å²) in [4.78, 5) is 27.6. The van der Waals surface area contributed by atoms with Gasteiger partial charge in [-0.25, -0.2) is 0 Å². The molecule has 196 valence electrons. The van der Waals surface area contributed by atoms with Crippen LogP contribution in [0.2, 0.25) is 0 Å². The quantitative estimate of drug-likeness (QED) is 0.323. The molecule has 0 saturated heterocycles. The molecular weight excluding hydrogens is 506 g/mol. The molecule has 2 aromatic carbocycles. The summed E-state index contributed by atoms with van der Waals surface area (Å²) in [7, 11) is 3.14. The van der Waals surface area contributed by atoms with Gasteiger partial charge in [-0.15, -0.1) is 10.2 Å². The lowest BCUT2D eigenvalue weighted by atomic mass is 10.0. The van der Waals surface area contributed by atoms with Crippen molar-refractivity contribution in [2.45, 2.75) is 24.5 Å². The minimum Gasteiger partial charge on any atom is -0.497 e. The van der Waals surface area contributed by atoms with Crippen molar-refractivity contribution in [2.24, 2.45) is 0 Å². The van der Waals surface area contributed by atoms with Crippen molar-refractivity contribution >= 4 is 29.3 Å². The van der Waals surface area contributed by atoms with Gasteiger partial charge in [-0.3, -0.25) is 14.2 Å². The minimum absolute atomic E-state index is 0.00827. The van der Waals surface area contributed by atoms with E-state index >= 15 is 0 Å². The number of fused-ring (bicyclic) bond motifs is 1. The molecule has 10 nitrogen and oxygen atoms in total. The maximum atomic E-state index is 13.3. The van der Waals surface area contributed by atoms with Crippen LogP contribution in [0, 0.1) is 0 Å². The number of aromatic nitrogens is 3.